The van der Waals surface area contributed by atoms with Gasteiger partial charge in [-0.3, -0.25) is 9.59 Å². The molecule has 0 saturated carbocycles. The molecule has 4 aromatic rings. The van der Waals surface area contributed by atoms with E-state index >= 15 is 0 Å². The molecule has 2 amide bonds. The number of halogens is 1. The van der Waals surface area contributed by atoms with Gasteiger partial charge in [-0.2, -0.15) is 0 Å². The van der Waals surface area contributed by atoms with Crippen molar-refractivity contribution in [2.75, 3.05) is 25.3 Å². The lowest BCUT2D eigenvalue weighted by Gasteiger charge is -2.32. The maximum atomic E-state index is 14.1. The number of benzene rings is 3. The van der Waals surface area contributed by atoms with Crippen LogP contribution in [0.15, 0.2) is 78.0 Å². The fraction of sp³-hybridized carbons (Fsp3) is 0.250. The van der Waals surface area contributed by atoms with E-state index < -0.39 is 17.8 Å². The number of aryl methyl sites for hydroxylation is 3. The number of nitrogens with zero attached hydrogens (tertiary/aromatic N) is 3. The number of thioether (sulfide) groups is 1. The Bertz CT molecular complexity index is 1530. The number of ether oxygens (including phenoxy) is 2. The van der Waals surface area contributed by atoms with Crippen molar-refractivity contribution in [2.24, 2.45) is 0 Å². The van der Waals surface area contributed by atoms with E-state index in [0.29, 0.717) is 27.9 Å². The topological polar surface area (TPSA) is 93.7 Å². The Hall–Kier alpha value is -4.44. The van der Waals surface area contributed by atoms with Crippen LogP contribution in [0.1, 0.15) is 34.1 Å². The number of carbonyl (C=O) groups is 2. The van der Waals surface area contributed by atoms with Crippen molar-refractivity contribution in [2.45, 2.75) is 38.5 Å². The second kappa shape index (κ2) is 14.0. The molecule has 8 nitrogen and oxygen atoms in total. The average Bonchev–Trinajstić information content (AvgIpc) is 2.97. The Morgan fingerprint density at radius 1 is 0.905 bits per heavy atom. The molecule has 42 heavy (non-hydrogen) atoms. The monoisotopic (exact) mass is 588 g/mol. The predicted octanol–water partition coefficient (Wildman–Crippen LogP) is 6.06. The molecule has 0 saturated heterocycles. The SMILES string of the molecule is COc1ccc(NC(=O)[C@@H](c2ccc(F)cc2)N(Cc2ccc(C)cc2)C(=O)CSc2nc(C)cc(C)n2)c(OC)c1. The van der Waals surface area contributed by atoms with Gasteiger partial charge in [0.05, 0.1) is 25.7 Å². The van der Waals surface area contributed by atoms with Crippen molar-refractivity contribution in [3.05, 3.63) is 107 Å². The fourth-order valence-electron chi connectivity index (χ4n) is 4.40. The summed E-state index contributed by atoms with van der Waals surface area (Å²) in [6.07, 6.45) is 0. The molecule has 0 aliphatic carbocycles. The summed E-state index contributed by atoms with van der Waals surface area (Å²) in [6.45, 7) is 5.85. The van der Waals surface area contributed by atoms with Gasteiger partial charge in [-0.15, -0.1) is 0 Å². The van der Waals surface area contributed by atoms with Crippen molar-refractivity contribution in [1.29, 1.82) is 0 Å². The maximum absolute atomic E-state index is 14.1. The van der Waals surface area contributed by atoms with Crippen molar-refractivity contribution < 1.29 is 23.5 Å². The number of hydrogen-bond donors (Lipinski definition) is 1. The molecule has 3 aromatic carbocycles. The number of nitrogens with one attached hydrogen (secondary N) is 1. The first-order valence-corrected chi connectivity index (χ1v) is 14.2. The van der Waals surface area contributed by atoms with Crippen LogP contribution >= 0.6 is 11.8 Å². The van der Waals surface area contributed by atoms with Crippen molar-refractivity contribution >= 4 is 29.3 Å². The van der Waals surface area contributed by atoms with Crippen LogP contribution in [0, 0.1) is 26.6 Å². The zero-order valence-electron chi connectivity index (χ0n) is 24.2. The quantitative estimate of drug-likeness (QED) is 0.168. The van der Waals surface area contributed by atoms with E-state index in [9.17, 15) is 14.0 Å². The van der Waals surface area contributed by atoms with Gasteiger partial charge in [0.15, 0.2) is 5.16 Å². The summed E-state index contributed by atoms with van der Waals surface area (Å²) in [5, 5.41) is 3.38. The Balaban J connectivity index is 1.72. The summed E-state index contributed by atoms with van der Waals surface area (Å²) in [5.41, 5.74) is 4.35. The number of methoxy groups -OCH3 is 2. The lowest BCUT2D eigenvalue weighted by atomic mass is 10.0. The van der Waals surface area contributed by atoms with Crippen molar-refractivity contribution in [3.63, 3.8) is 0 Å². The summed E-state index contributed by atoms with van der Waals surface area (Å²) in [5.74, 6) is -0.312. The Morgan fingerprint density at radius 2 is 1.57 bits per heavy atom. The third-order valence-corrected chi connectivity index (χ3v) is 7.32. The Labute approximate surface area is 249 Å². The minimum Gasteiger partial charge on any atom is -0.497 e. The van der Waals surface area contributed by atoms with Gasteiger partial charge in [-0.25, -0.2) is 14.4 Å². The van der Waals surface area contributed by atoms with Gasteiger partial charge >= 0.3 is 0 Å². The van der Waals surface area contributed by atoms with Crippen LogP contribution in [-0.4, -0.2) is 46.7 Å². The summed E-state index contributed by atoms with van der Waals surface area (Å²) in [4.78, 5) is 38.4. The lowest BCUT2D eigenvalue weighted by Crippen LogP contribution is -2.42. The third-order valence-electron chi connectivity index (χ3n) is 6.49. The van der Waals surface area contributed by atoms with Gasteiger partial charge in [0.25, 0.3) is 5.91 Å². The molecule has 1 atom stereocenters. The van der Waals surface area contributed by atoms with Gasteiger partial charge in [-0.1, -0.05) is 53.7 Å². The van der Waals surface area contributed by atoms with Crippen LogP contribution < -0.4 is 14.8 Å². The number of aromatic nitrogens is 2. The lowest BCUT2D eigenvalue weighted by molar-refractivity contribution is -0.137. The number of hydrogen-bond acceptors (Lipinski definition) is 7. The van der Waals surface area contributed by atoms with Crippen LogP contribution in [-0.2, 0) is 16.1 Å². The van der Waals surface area contributed by atoms with Gasteiger partial charge in [0.2, 0.25) is 5.91 Å². The zero-order valence-corrected chi connectivity index (χ0v) is 25.0. The Morgan fingerprint density at radius 3 is 2.19 bits per heavy atom. The molecule has 218 valence electrons. The van der Waals surface area contributed by atoms with Crippen LogP contribution in [0.3, 0.4) is 0 Å². The molecule has 0 unspecified atom stereocenters. The van der Waals surface area contributed by atoms with E-state index in [1.807, 2.05) is 51.1 Å². The molecule has 4 rings (SSSR count). The van der Waals surface area contributed by atoms with Gasteiger partial charge < -0.3 is 19.7 Å². The highest BCUT2D eigenvalue weighted by Gasteiger charge is 2.32. The molecule has 10 heteroatoms. The molecule has 0 bridgehead atoms. The molecular formula is C32H33FN4O4S. The van der Waals surface area contributed by atoms with E-state index in [-0.39, 0.29) is 18.2 Å². The molecule has 1 N–H and O–H groups in total. The van der Waals surface area contributed by atoms with Crippen LogP contribution in [0.4, 0.5) is 10.1 Å². The molecule has 0 spiro atoms. The minimum absolute atomic E-state index is 0.00835. The highest BCUT2D eigenvalue weighted by Crippen LogP contribution is 2.32. The Kier molecular flexibility index (Phi) is 10.1. The van der Waals surface area contributed by atoms with Crippen LogP contribution in [0.2, 0.25) is 0 Å². The van der Waals surface area contributed by atoms with E-state index in [1.165, 1.54) is 55.1 Å². The van der Waals surface area contributed by atoms with Crippen molar-refractivity contribution in [1.82, 2.24) is 14.9 Å². The number of rotatable bonds is 11. The summed E-state index contributed by atoms with van der Waals surface area (Å²) < 4.78 is 24.7. The zero-order chi connectivity index (χ0) is 30.2. The maximum Gasteiger partial charge on any atom is 0.251 e. The van der Waals surface area contributed by atoms with Crippen LogP contribution in [0.25, 0.3) is 0 Å². The van der Waals surface area contributed by atoms with Crippen LogP contribution in [0.5, 0.6) is 11.5 Å². The first-order chi connectivity index (χ1) is 20.2. The summed E-state index contributed by atoms with van der Waals surface area (Å²) >= 11 is 1.20. The van der Waals surface area contributed by atoms with Gasteiger partial charge in [-0.05, 0) is 62.2 Å². The molecule has 0 aliphatic rings. The predicted molar refractivity (Wildman–Crippen MR) is 161 cm³/mol. The average molecular weight is 589 g/mol. The molecule has 0 fully saturated rings. The van der Waals surface area contributed by atoms with Gasteiger partial charge in [0.1, 0.15) is 23.4 Å². The molecule has 1 aromatic heterocycles. The van der Waals surface area contributed by atoms with E-state index in [4.69, 9.17) is 9.47 Å². The highest BCUT2D eigenvalue weighted by atomic mass is 32.2. The second-order valence-electron chi connectivity index (χ2n) is 9.74. The van der Waals surface area contributed by atoms with E-state index in [0.717, 1.165) is 22.5 Å². The van der Waals surface area contributed by atoms with Crippen molar-refractivity contribution in [3.8, 4) is 11.5 Å². The number of carbonyl (C=O) groups excluding carboxylic acids is 2. The first-order valence-electron chi connectivity index (χ1n) is 13.2. The largest absolute Gasteiger partial charge is 0.497 e. The molecule has 0 radical (unpaired) electrons. The van der Waals surface area contributed by atoms with Gasteiger partial charge in [0, 0.05) is 24.0 Å². The molecule has 0 aliphatic heterocycles. The summed E-state index contributed by atoms with van der Waals surface area (Å²) in [7, 11) is 3.02. The minimum atomic E-state index is -1.09. The number of amides is 2. The third kappa shape index (κ3) is 7.85. The first kappa shape index (κ1) is 30.5. The second-order valence-corrected chi connectivity index (χ2v) is 10.7. The smallest absolute Gasteiger partial charge is 0.251 e. The number of anilines is 1. The van der Waals surface area contributed by atoms with E-state index in [2.05, 4.69) is 15.3 Å². The van der Waals surface area contributed by atoms with E-state index in [1.54, 1.807) is 18.2 Å². The standard InChI is InChI=1S/C32H33FN4O4S/c1-20-6-8-23(9-7-20)18-37(29(38)19-42-32-34-21(2)16-22(3)35-32)30(24-10-12-25(33)13-11-24)31(39)36-27-15-14-26(40-4)17-28(27)41-5/h6-17,30H,18-19H2,1-5H3,(H,36,39)/t30-/m1/s1. The normalized spacial score (nSPS) is 11.5. The highest BCUT2D eigenvalue weighted by molar-refractivity contribution is 7.99. The molecular weight excluding hydrogens is 555 g/mol. The molecule has 1 heterocycles. The fourth-order valence-corrected chi connectivity index (χ4v) is 5.24. The summed E-state index contributed by atoms with van der Waals surface area (Å²) in [6, 6.07) is 19.1.